The monoisotopic (exact) mass is 281 g/mol. The summed E-state index contributed by atoms with van der Waals surface area (Å²) in [4.78, 5) is 13.7. The van der Waals surface area contributed by atoms with Crippen LogP contribution in [0.3, 0.4) is 0 Å². The van der Waals surface area contributed by atoms with Crippen LogP contribution in [0.1, 0.15) is 72.1 Å². The van der Waals surface area contributed by atoms with Crippen LogP contribution in [-0.2, 0) is 4.79 Å². The van der Waals surface area contributed by atoms with Crippen LogP contribution < -0.4 is 0 Å². The summed E-state index contributed by atoms with van der Waals surface area (Å²) in [6.45, 7) is 7.21. The Balaban J connectivity index is 2.17. The first kappa shape index (κ1) is 15.8. The minimum atomic E-state index is -0.657. The molecule has 0 bridgehead atoms. The van der Waals surface area contributed by atoms with Crippen LogP contribution in [0, 0.1) is 11.3 Å². The molecule has 0 aromatic heterocycles. The summed E-state index contributed by atoms with van der Waals surface area (Å²) < 4.78 is 0. The summed E-state index contributed by atoms with van der Waals surface area (Å²) in [7, 11) is 0. The molecule has 0 saturated heterocycles. The smallest absolute Gasteiger partial charge is 0.317 e. The van der Waals surface area contributed by atoms with E-state index < -0.39 is 5.97 Å². The van der Waals surface area contributed by atoms with Crippen molar-refractivity contribution in [3.05, 3.63) is 0 Å². The molecule has 0 radical (unpaired) electrons. The van der Waals surface area contributed by atoms with Crippen molar-refractivity contribution in [2.75, 3.05) is 6.54 Å². The summed E-state index contributed by atoms with van der Waals surface area (Å²) >= 11 is 0. The van der Waals surface area contributed by atoms with Crippen molar-refractivity contribution >= 4 is 5.97 Å². The van der Waals surface area contributed by atoms with Gasteiger partial charge in [-0.25, -0.2) is 0 Å². The van der Waals surface area contributed by atoms with Gasteiger partial charge in [-0.1, -0.05) is 46.5 Å². The molecule has 2 aliphatic rings. The Morgan fingerprint density at radius 1 is 1.05 bits per heavy atom. The third-order valence-electron chi connectivity index (χ3n) is 5.38. The van der Waals surface area contributed by atoms with E-state index in [0.717, 1.165) is 0 Å². The Hall–Kier alpha value is -0.570. The summed E-state index contributed by atoms with van der Waals surface area (Å²) in [6.07, 6.45) is 9.95. The lowest BCUT2D eigenvalue weighted by Gasteiger charge is -2.47. The molecule has 2 rings (SSSR count). The predicted molar refractivity (Wildman–Crippen MR) is 81.8 cm³/mol. The highest BCUT2D eigenvalue weighted by Gasteiger charge is 2.40. The maximum absolute atomic E-state index is 11.3. The van der Waals surface area contributed by atoms with Crippen LogP contribution in [0.25, 0.3) is 0 Å². The van der Waals surface area contributed by atoms with Gasteiger partial charge in [0.15, 0.2) is 0 Å². The fourth-order valence-electron chi connectivity index (χ4n) is 4.43. The summed E-state index contributed by atoms with van der Waals surface area (Å²) in [5.41, 5.74) is 0.278. The molecule has 0 aromatic rings. The number of hydrogen-bond acceptors (Lipinski definition) is 2. The molecule has 20 heavy (non-hydrogen) atoms. The van der Waals surface area contributed by atoms with Crippen LogP contribution in [0.2, 0.25) is 0 Å². The molecular weight excluding hydrogens is 250 g/mol. The first-order valence-corrected chi connectivity index (χ1v) is 8.37. The highest BCUT2D eigenvalue weighted by atomic mass is 16.4. The summed E-state index contributed by atoms with van der Waals surface area (Å²) in [5.74, 6) is -0.0219. The van der Waals surface area contributed by atoms with E-state index >= 15 is 0 Å². The van der Waals surface area contributed by atoms with Gasteiger partial charge in [0.05, 0.1) is 6.54 Å². The summed E-state index contributed by atoms with van der Waals surface area (Å²) in [5, 5.41) is 9.32. The van der Waals surface area contributed by atoms with Gasteiger partial charge in [0.25, 0.3) is 0 Å². The lowest BCUT2D eigenvalue weighted by molar-refractivity contribution is -0.141. The van der Waals surface area contributed by atoms with Gasteiger partial charge in [0.1, 0.15) is 0 Å². The molecule has 3 heteroatoms. The third kappa shape index (κ3) is 3.75. The molecule has 0 heterocycles. The van der Waals surface area contributed by atoms with Crippen molar-refractivity contribution in [1.29, 1.82) is 0 Å². The second-order valence-corrected chi connectivity index (χ2v) is 7.83. The molecule has 2 unspecified atom stereocenters. The molecule has 0 spiro atoms. The van der Waals surface area contributed by atoms with Gasteiger partial charge in [0.2, 0.25) is 0 Å². The van der Waals surface area contributed by atoms with E-state index in [2.05, 4.69) is 25.7 Å². The Labute approximate surface area is 123 Å². The van der Waals surface area contributed by atoms with E-state index in [4.69, 9.17) is 0 Å². The number of rotatable bonds is 4. The number of carboxylic acid groups (broad SMARTS) is 1. The first-order chi connectivity index (χ1) is 9.39. The van der Waals surface area contributed by atoms with Crippen molar-refractivity contribution in [1.82, 2.24) is 4.90 Å². The Morgan fingerprint density at radius 2 is 1.60 bits per heavy atom. The SMILES string of the molecule is CC(C)(C)C1CCCCC1N(CC(=O)O)C1CCCC1. The quantitative estimate of drug-likeness (QED) is 0.849. The standard InChI is InChI=1S/C17H31NO2/c1-17(2,3)14-10-6-7-11-15(14)18(12-16(19)20)13-8-4-5-9-13/h13-15H,4-12H2,1-3H3,(H,19,20). The van der Waals surface area contributed by atoms with Gasteiger partial charge in [-0.05, 0) is 37.0 Å². The molecule has 0 amide bonds. The minimum absolute atomic E-state index is 0.238. The number of hydrogen-bond donors (Lipinski definition) is 1. The molecule has 0 aromatic carbocycles. The van der Waals surface area contributed by atoms with Crippen molar-refractivity contribution < 1.29 is 9.90 Å². The largest absolute Gasteiger partial charge is 0.480 e. The lowest BCUT2D eigenvalue weighted by atomic mass is 9.69. The van der Waals surface area contributed by atoms with Crippen molar-refractivity contribution in [3.8, 4) is 0 Å². The second-order valence-electron chi connectivity index (χ2n) is 7.83. The van der Waals surface area contributed by atoms with Crippen LogP contribution >= 0.6 is 0 Å². The Bertz CT molecular complexity index is 328. The van der Waals surface area contributed by atoms with E-state index in [-0.39, 0.29) is 12.0 Å². The van der Waals surface area contributed by atoms with E-state index in [1.54, 1.807) is 0 Å². The van der Waals surface area contributed by atoms with Gasteiger partial charge in [-0.3, -0.25) is 9.69 Å². The second kappa shape index (κ2) is 6.46. The van der Waals surface area contributed by atoms with Crippen molar-refractivity contribution in [2.24, 2.45) is 11.3 Å². The van der Waals surface area contributed by atoms with Crippen LogP contribution in [0.5, 0.6) is 0 Å². The molecule has 2 aliphatic carbocycles. The van der Waals surface area contributed by atoms with Crippen LogP contribution in [0.15, 0.2) is 0 Å². The maximum Gasteiger partial charge on any atom is 0.317 e. The van der Waals surface area contributed by atoms with Crippen molar-refractivity contribution in [3.63, 3.8) is 0 Å². The van der Waals surface area contributed by atoms with E-state index in [9.17, 15) is 9.90 Å². The van der Waals surface area contributed by atoms with Gasteiger partial charge < -0.3 is 5.11 Å². The minimum Gasteiger partial charge on any atom is -0.480 e. The lowest BCUT2D eigenvalue weighted by Crippen LogP contribution is -2.52. The molecule has 2 saturated carbocycles. The zero-order chi connectivity index (χ0) is 14.8. The molecule has 116 valence electrons. The maximum atomic E-state index is 11.3. The van der Waals surface area contributed by atoms with Gasteiger partial charge >= 0.3 is 5.97 Å². The normalized spacial score (nSPS) is 29.0. The third-order valence-corrected chi connectivity index (χ3v) is 5.38. The highest BCUT2D eigenvalue weighted by molar-refractivity contribution is 5.69. The molecule has 2 fully saturated rings. The number of carbonyl (C=O) groups is 1. The number of aliphatic carboxylic acids is 1. The van der Waals surface area contributed by atoms with E-state index in [0.29, 0.717) is 18.0 Å². The molecule has 0 aliphatic heterocycles. The number of nitrogens with zero attached hydrogens (tertiary/aromatic N) is 1. The van der Waals surface area contributed by atoms with Crippen LogP contribution in [0.4, 0.5) is 0 Å². The molecule has 1 N–H and O–H groups in total. The zero-order valence-corrected chi connectivity index (χ0v) is 13.4. The number of carboxylic acids is 1. The summed E-state index contributed by atoms with van der Waals surface area (Å²) in [6, 6.07) is 0.988. The fourth-order valence-corrected chi connectivity index (χ4v) is 4.43. The van der Waals surface area contributed by atoms with Crippen LogP contribution in [-0.4, -0.2) is 34.6 Å². The van der Waals surface area contributed by atoms with Gasteiger partial charge in [0, 0.05) is 12.1 Å². The molecular formula is C17H31NO2. The Kier molecular flexibility index (Phi) is 5.11. The zero-order valence-electron chi connectivity index (χ0n) is 13.4. The fraction of sp³-hybridized carbons (Fsp3) is 0.941. The Morgan fingerprint density at radius 3 is 2.15 bits per heavy atom. The van der Waals surface area contributed by atoms with E-state index in [1.165, 1.54) is 51.4 Å². The average Bonchev–Trinajstić information content (AvgIpc) is 2.88. The van der Waals surface area contributed by atoms with Crippen molar-refractivity contribution in [2.45, 2.75) is 84.2 Å². The first-order valence-electron chi connectivity index (χ1n) is 8.37. The van der Waals surface area contributed by atoms with E-state index in [1.807, 2.05) is 0 Å². The highest BCUT2D eigenvalue weighted by Crippen LogP contribution is 2.42. The van der Waals surface area contributed by atoms with Gasteiger partial charge in [-0.2, -0.15) is 0 Å². The predicted octanol–water partition coefficient (Wildman–Crippen LogP) is 3.92. The van der Waals surface area contributed by atoms with Gasteiger partial charge in [-0.15, -0.1) is 0 Å². The average molecular weight is 281 g/mol. The molecule has 2 atom stereocenters. The molecule has 3 nitrogen and oxygen atoms in total. The topological polar surface area (TPSA) is 40.5 Å².